The van der Waals surface area contributed by atoms with Gasteiger partial charge in [-0.25, -0.2) is 0 Å². The van der Waals surface area contributed by atoms with Crippen LogP contribution in [0.25, 0.3) is 0 Å². The Hall–Kier alpha value is -1.68. The second-order valence-electron chi connectivity index (χ2n) is 5.57. The SMILES string of the molecule is COc1nc(C2CCCCC2)oc1COc1cccc(Cl)c1. The van der Waals surface area contributed by atoms with E-state index in [9.17, 15) is 0 Å². The molecule has 0 N–H and O–H groups in total. The Labute approximate surface area is 135 Å². The molecular formula is C17H20ClNO3. The smallest absolute Gasteiger partial charge is 0.259 e. The maximum absolute atomic E-state index is 5.95. The van der Waals surface area contributed by atoms with Crippen LogP contribution in [0.2, 0.25) is 5.02 Å². The van der Waals surface area contributed by atoms with Gasteiger partial charge in [0.05, 0.1) is 7.11 Å². The summed E-state index contributed by atoms with van der Waals surface area (Å²) in [4.78, 5) is 4.49. The number of benzene rings is 1. The molecule has 1 saturated carbocycles. The third kappa shape index (κ3) is 3.55. The second-order valence-corrected chi connectivity index (χ2v) is 6.00. The zero-order valence-electron chi connectivity index (χ0n) is 12.7. The van der Waals surface area contributed by atoms with Gasteiger partial charge in [-0.3, -0.25) is 0 Å². The summed E-state index contributed by atoms with van der Waals surface area (Å²) in [6.45, 7) is 0.281. The van der Waals surface area contributed by atoms with Crippen molar-refractivity contribution in [2.45, 2.75) is 44.6 Å². The fourth-order valence-electron chi connectivity index (χ4n) is 2.84. The molecular weight excluding hydrogens is 302 g/mol. The third-order valence-corrected chi connectivity index (χ3v) is 4.23. The molecule has 4 nitrogen and oxygen atoms in total. The molecule has 1 fully saturated rings. The van der Waals surface area contributed by atoms with Crippen LogP contribution >= 0.6 is 11.6 Å². The van der Waals surface area contributed by atoms with E-state index in [-0.39, 0.29) is 6.61 Å². The predicted molar refractivity (Wildman–Crippen MR) is 84.7 cm³/mol. The molecule has 0 bridgehead atoms. The summed E-state index contributed by atoms with van der Waals surface area (Å²) in [5.74, 6) is 3.03. The molecule has 0 radical (unpaired) electrons. The quantitative estimate of drug-likeness (QED) is 0.780. The van der Waals surface area contributed by atoms with Crippen LogP contribution in [0.5, 0.6) is 11.6 Å². The maximum Gasteiger partial charge on any atom is 0.259 e. The molecule has 1 aliphatic rings. The average molecular weight is 322 g/mol. The predicted octanol–water partition coefficient (Wildman–Crippen LogP) is 4.96. The first-order chi connectivity index (χ1) is 10.8. The van der Waals surface area contributed by atoms with E-state index in [4.69, 9.17) is 25.5 Å². The Kier molecular flexibility index (Phi) is 4.88. The van der Waals surface area contributed by atoms with E-state index in [1.165, 1.54) is 19.3 Å². The Morgan fingerprint density at radius 1 is 1.27 bits per heavy atom. The minimum Gasteiger partial charge on any atom is -0.485 e. The number of methoxy groups -OCH3 is 1. The van der Waals surface area contributed by atoms with Gasteiger partial charge in [0, 0.05) is 10.9 Å². The summed E-state index contributed by atoms with van der Waals surface area (Å²) < 4.78 is 16.9. The van der Waals surface area contributed by atoms with Gasteiger partial charge in [-0.2, -0.15) is 4.98 Å². The van der Waals surface area contributed by atoms with Crippen LogP contribution in [0, 0.1) is 0 Å². The molecule has 0 amide bonds. The van der Waals surface area contributed by atoms with Gasteiger partial charge >= 0.3 is 0 Å². The first-order valence-electron chi connectivity index (χ1n) is 7.68. The first-order valence-corrected chi connectivity index (χ1v) is 8.06. The zero-order chi connectivity index (χ0) is 15.4. The van der Waals surface area contributed by atoms with Crippen LogP contribution in [-0.2, 0) is 6.61 Å². The number of rotatable bonds is 5. The number of halogens is 1. The molecule has 0 unspecified atom stereocenters. The van der Waals surface area contributed by atoms with Crippen molar-refractivity contribution in [2.75, 3.05) is 7.11 Å². The lowest BCUT2D eigenvalue weighted by Gasteiger charge is -2.17. The van der Waals surface area contributed by atoms with E-state index < -0.39 is 0 Å². The lowest BCUT2D eigenvalue weighted by atomic mass is 9.89. The van der Waals surface area contributed by atoms with E-state index in [0.717, 1.165) is 18.7 Å². The van der Waals surface area contributed by atoms with Crippen LogP contribution in [0.15, 0.2) is 28.7 Å². The van der Waals surface area contributed by atoms with Crippen molar-refractivity contribution in [3.05, 3.63) is 40.9 Å². The van der Waals surface area contributed by atoms with Crippen molar-refractivity contribution in [3.8, 4) is 11.6 Å². The lowest BCUT2D eigenvalue weighted by molar-refractivity contribution is 0.249. The van der Waals surface area contributed by atoms with Crippen LogP contribution < -0.4 is 9.47 Å². The summed E-state index contributed by atoms with van der Waals surface area (Å²) in [5.41, 5.74) is 0. The molecule has 0 aliphatic heterocycles. The Bertz CT molecular complexity index is 620. The largest absolute Gasteiger partial charge is 0.485 e. The normalized spacial score (nSPS) is 15.7. The molecule has 118 valence electrons. The van der Waals surface area contributed by atoms with Gasteiger partial charge in [0.1, 0.15) is 5.75 Å². The highest BCUT2D eigenvalue weighted by Crippen LogP contribution is 2.35. The van der Waals surface area contributed by atoms with Crippen molar-refractivity contribution < 1.29 is 13.9 Å². The monoisotopic (exact) mass is 321 g/mol. The Morgan fingerprint density at radius 3 is 2.82 bits per heavy atom. The number of hydrogen-bond donors (Lipinski definition) is 0. The number of aromatic nitrogens is 1. The van der Waals surface area contributed by atoms with E-state index >= 15 is 0 Å². The van der Waals surface area contributed by atoms with E-state index in [1.54, 1.807) is 13.2 Å². The third-order valence-electron chi connectivity index (χ3n) is 3.99. The number of hydrogen-bond acceptors (Lipinski definition) is 4. The van der Waals surface area contributed by atoms with Gasteiger partial charge in [0.25, 0.3) is 5.88 Å². The van der Waals surface area contributed by atoms with E-state index in [1.807, 2.05) is 18.2 Å². The fraction of sp³-hybridized carbons (Fsp3) is 0.471. The summed E-state index contributed by atoms with van der Waals surface area (Å²) in [5, 5.41) is 0.643. The van der Waals surface area contributed by atoms with Gasteiger partial charge in [0.15, 0.2) is 6.61 Å². The summed E-state index contributed by atoms with van der Waals surface area (Å²) >= 11 is 5.95. The fourth-order valence-corrected chi connectivity index (χ4v) is 3.02. The van der Waals surface area contributed by atoms with E-state index in [0.29, 0.717) is 28.3 Å². The van der Waals surface area contributed by atoms with Crippen LogP contribution in [0.3, 0.4) is 0 Å². The van der Waals surface area contributed by atoms with Crippen molar-refractivity contribution in [3.63, 3.8) is 0 Å². The molecule has 1 aromatic heterocycles. The highest BCUT2D eigenvalue weighted by Gasteiger charge is 2.23. The molecule has 3 rings (SSSR count). The second kappa shape index (κ2) is 7.05. The molecule has 1 aromatic carbocycles. The molecule has 5 heteroatoms. The van der Waals surface area contributed by atoms with Gasteiger partial charge in [-0.15, -0.1) is 0 Å². The van der Waals surface area contributed by atoms with Gasteiger partial charge in [-0.1, -0.05) is 36.9 Å². The highest BCUT2D eigenvalue weighted by atomic mass is 35.5. The molecule has 1 heterocycles. The highest BCUT2D eigenvalue weighted by molar-refractivity contribution is 6.30. The average Bonchev–Trinajstić information content (AvgIpc) is 2.97. The number of nitrogens with zero attached hydrogens (tertiary/aromatic N) is 1. The molecule has 0 atom stereocenters. The minimum absolute atomic E-state index is 0.281. The van der Waals surface area contributed by atoms with Crippen molar-refractivity contribution in [1.29, 1.82) is 0 Å². The van der Waals surface area contributed by atoms with Crippen molar-refractivity contribution in [2.24, 2.45) is 0 Å². The lowest BCUT2D eigenvalue weighted by Crippen LogP contribution is -2.04. The standard InChI is InChI=1S/C17H20ClNO3/c1-20-17-15(11-21-14-9-5-8-13(18)10-14)22-16(19-17)12-6-3-2-4-7-12/h5,8-10,12H,2-4,6-7,11H2,1H3. The van der Waals surface area contributed by atoms with Gasteiger partial charge in [-0.05, 0) is 31.0 Å². The maximum atomic E-state index is 5.95. The van der Waals surface area contributed by atoms with E-state index in [2.05, 4.69) is 4.98 Å². The molecule has 2 aromatic rings. The van der Waals surface area contributed by atoms with Crippen molar-refractivity contribution in [1.82, 2.24) is 4.98 Å². The first kappa shape index (κ1) is 15.2. The molecule has 0 saturated heterocycles. The Balaban J connectivity index is 1.71. The van der Waals surface area contributed by atoms with Crippen LogP contribution in [0.4, 0.5) is 0 Å². The summed E-state index contributed by atoms with van der Waals surface area (Å²) in [7, 11) is 1.60. The number of oxazole rings is 1. The van der Waals surface area contributed by atoms with Gasteiger partial charge < -0.3 is 13.9 Å². The number of ether oxygens (including phenoxy) is 2. The molecule has 1 aliphatic carbocycles. The Morgan fingerprint density at radius 2 is 2.09 bits per heavy atom. The van der Waals surface area contributed by atoms with Crippen molar-refractivity contribution >= 4 is 11.6 Å². The summed E-state index contributed by atoms with van der Waals surface area (Å²) in [6, 6.07) is 7.29. The van der Waals surface area contributed by atoms with Crippen LogP contribution in [0.1, 0.15) is 49.7 Å². The molecule has 22 heavy (non-hydrogen) atoms. The van der Waals surface area contributed by atoms with Crippen LogP contribution in [-0.4, -0.2) is 12.1 Å². The van der Waals surface area contributed by atoms with Gasteiger partial charge in [0.2, 0.25) is 11.7 Å². The zero-order valence-corrected chi connectivity index (χ0v) is 13.4. The molecule has 0 spiro atoms. The minimum atomic E-state index is 0.281. The summed E-state index contributed by atoms with van der Waals surface area (Å²) in [6.07, 6.45) is 6.06. The topological polar surface area (TPSA) is 44.5 Å².